The van der Waals surface area contributed by atoms with Crippen LogP contribution in [0.4, 0.5) is 5.69 Å². The number of hydrogen-bond donors (Lipinski definition) is 1. The number of hydrogen-bond acceptors (Lipinski definition) is 4. The molecule has 0 saturated heterocycles. The lowest BCUT2D eigenvalue weighted by atomic mass is 10.1. The van der Waals surface area contributed by atoms with Gasteiger partial charge in [0.05, 0.1) is 16.1 Å². The molecule has 1 aromatic carbocycles. The number of fused-ring (bicyclic) bond motifs is 2. The predicted molar refractivity (Wildman–Crippen MR) is 99.5 cm³/mol. The van der Waals surface area contributed by atoms with Gasteiger partial charge in [0.15, 0.2) is 0 Å². The number of anilines is 1. The van der Waals surface area contributed by atoms with Crippen LogP contribution in [0.3, 0.4) is 0 Å². The summed E-state index contributed by atoms with van der Waals surface area (Å²) in [5.74, 6) is -0.237. The Morgan fingerprint density at radius 2 is 2.04 bits per heavy atom. The van der Waals surface area contributed by atoms with Crippen molar-refractivity contribution in [3.05, 3.63) is 58.1 Å². The fraction of sp³-hybridized carbons (Fsp3) is 0.211. The van der Waals surface area contributed by atoms with Gasteiger partial charge in [0.1, 0.15) is 4.83 Å². The second kappa shape index (κ2) is 5.97. The van der Waals surface area contributed by atoms with Crippen LogP contribution in [0.15, 0.2) is 36.4 Å². The Hall–Kier alpha value is -2.73. The van der Waals surface area contributed by atoms with Crippen LogP contribution < -0.4 is 10.2 Å². The van der Waals surface area contributed by atoms with Crippen molar-refractivity contribution in [2.75, 3.05) is 18.0 Å². The van der Waals surface area contributed by atoms with E-state index in [1.54, 1.807) is 11.0 Å². The van der Waals surface area contributed by atoms with Crippen molar-refractivity contribution in [1.82, 2.24) is 10.3 Å². The number of benzene rings is 1. The number of amides is 2. The number of carbonyl (C=O) groups is 2. The van der Waals surface area contributed by atoms with Gasteiger partial charge >= 0.3 is 0 Å². The Labute approximate surface area is 149 Å². The van der Waals surface area contributed by atoms with Crippen LogP contribution in [0, 0.1) is 13.8 Å². The van der Waals surface area contributed by atoms with Gasteiger partial charge in [0, 0.05) is 24.2 Å². The van der Waals surface area contributed by atoms with Crippen LogP contribution in [0.2, 0.25) is 0 Å². The second-order valence-electron chi connectivity index (χ2n) is 6.14. The summed E-state index contributed by atoms with van der Waals surface area (Å²) in [6.07, 6.45) is 0. The summed E-state index contributed by atoms with van der Waals surface area (Å²) in [5.41, 5.74) is 3.24. The largest absolute Gasteiger partial charge is 0.350 e. The maximum absolute atomic E-state index is 13.2. The third-order valence-corrected chi connectivity index (χ3v) is 5.37. The van der Waals surface area contributed by atoms with Crippen molar-refractivity contribution < 1.29 is 9.59 Å². The SMILES string of the molecule is Cc1cc(C)c2cc(C(=O)N3CCNC(=O)c4ccccc43)sc2n1. The van der Waals surface area contributed by atoms with E-state index in [1.807, 2.05) is 44.2 Å². The van der Waals surface area contributed by atoms with Gasteiger partial charge in [-0.15, -0.1) is 11.3 Å². The van der Waals surface area contributed by atoms with Crippen LogP contribution in [0.25, 0.3) is 10.2 Å². The molecule has 1 N–H and O–H groups in total. The molecule has 2 amide bonds. The van der Waals surface area contributed by atoms with Crippen molar-refractivity contribution >= 4 is 39.1 Å². The third-order valence-electron chi connectivity index (χ3n) is 4.36. The van der Waals surface area contributed by atoms with Crippen LogP contribution in [0.1, 0.15) is 31.3 Å². The molecule has 3 heterocycles. The van der Waals surface area contributed by atoms with Gasteiger partial charge in [-0.2, -0.15) is 0 Å². The van der Waals surface area contributed by atoms with Gasteiger partial charge < -0.3 is 10.2 Å². The highest BCUT2D eigenvalue weighted by atomic mass is 32.1. The molecule has 6 heteroatoms. The van der Waals surface area contributed by atoms with E-state index in [0.29, 0.717) is 29.2 Å². The summed E-state index contributed by atoms with van der Waals surface area (Å²) >= 11 is 1.40. The van der Waals surface area contributed by atoms with E-state index in [2.05, 4.69) is 10.3 Å². The van der Waals surface area contributed by atoms with E-state index >= 15 is 0 Å². The molecular formula is C19H17N3O2S. The number of nitrogens with one attached hydrogen (secondary N) is 1. The van der Waals surface area contributed by atoms with Gasteiger partial charge in [-0.3, -0.25) is 9.59 Å². The minimum absolute atomic E-state index is 0.0935. The summed E-state index contributed by atoms with van der Waals surface area (Å²) in [6.45, 7) is 4.86. The monoisotopic (exact) mass is 351 g/mol. The second-order valence-corrected chi connectivity index (χ2v) is 7.17. The number of thiophene rings is 1. The molecule has 4 rings (SSSR count). The fourth-order valence-corrected chi connectivity index (χ4v) is 4.28. The average molecular weight is 351 g/mol. The molecular weight excluding hydrogens is 334 g/mol. The number of rotatable bonds is 1. The highest BCUT2D eigenvalue weighted by Gasteiger charge is 2.26. The van der Waals surface area contributed by atoms with Crippen LogP contribution in [0.5, 0.6) is 0 Å². The van der Waals surface area contributed by atoms with Crippen LogP contribution >= 0.6 is 11.3 Å². The lowest BCUT2D eigenvalue weighted by molar-refractivity contribution is 0.0954. The molecule has 25 heavy (non-hydrogen) atoms. The van der Waals surface area contributed by atoms with E-state index in [0.717, 1.165) is 21.5 Å². The highest BCUT2D eigenvalue weighted by Crippen LogP contribution is 2.30. The van der Waals surface area contributed by atoms with Gasteiger partial charge in [-0.1, -0.05) is 12.1 Å². The lowest BCUT2D eigenvalue weighted by Gasteiger charge is -2.21. The minimum atomic E-state index is -0.143. The zero-order chi connectivity index (χ0) is 17.6. The maximum Gasteiger partial charge on any atom is 0.268 e. The molecule has 0 atom stereocenters. The molecule has 0 radical (unpaired) electrons. The smallest absolute Gasteiger partial charge is 0.268 e. The molecule has 0 aliphatic carbocycles. The van der Waals surface area contributed by atoms with E-state index in [-0.39, 0.29) is 11.8 Å². The summed E-state index contributed by atoms with van der Waals surface area (Å²) in [7, 11) is 0. The molecule has 1 aliphatic heterocycles. The molecule has 0 unspecified atom stereocenters. The Balaban J connectivity index is 1.79. The van der Waals surface area contributed by atoms with E-state index in [4.69, 9.17) is 0 Å². The minimum Gasteiger partial charge on any atom is -0.350 e. The number of pyridine rings is 1. The summed E-state index contributed by atoms with van der Waals surface area (Å²) in [5, 5.41) is 3.85. The number of nitrogens with zero attached hydrogens (tertiary/aromatic N) is 2. The Kier molecular flexibility index (Phi) is 3.77. The molecule has 0 bridgehead atoms. The first-order chi connectivity index (χ1) is 12.0. The molecule has 2 aromatic heterocycles. The van der Waals surface area contributed by atoms with Crippen molar-refractivity contribution in [3.63, 3.8) is 0 Å². The number of carbonyl (C=O) groups excluding carboxylic acids is 2. The van der Waals surface area contributed by atoms with Crippen LogP contribution in [-0.2, 0) is 0 Å². The predicted octanol–water partition coefficient (Wildman–Crippen LogP) is 3.30. The zero-order valence-electron chi connectivity index (χ0n) is 14.0. The number of aryl methyl sites for hydroxylation is 2. The highest BCUT2D eigenvalue weighted by molar-refractivity contribution is 7.20. The lowest BCUT2D eigenvalue weighted by Crippen LogP contribution is -2.34. The van der Waals surface area contributed by atoms with Crippen molar-refractivity contribution in [1.29, 1.82) is 0 Å². The summed E-state index contributed by atoms with van der Waals surface area (Å²) in [4.78, 5) is 33.1. The fourth-order valence-electron chi connectivity index (χ4n) is 3.18. The van der Waals surface area contributed by atoms with Crippen molar-refractivity contribution in [3.8, 4) is 0 Å². The molecule has 1 aliphatic rings. The normalized spacial score (nSPS) is 14.2. The topological polar surface area (TPSA) is 62.3 Å². The van der Waals surface area contributed by atoms with Crippen molar-refractivity contribution in [2.24, 2.45) is 0 Å². The molecule has 3 aromatic rings. The Morgan fingerprint density at radius 1 is 1.24 bits per heavy atom. The summed E-state index contributed by atoms with van der Waals surface area (Å²) in [6, 6.07) is 11.1. The quantitative estimate of drug-likeness (QED) is 0.732. The molecule has 0 spiro atoms. The van der Waals surface area contributed by atoms with Crippen LogP contribution in [-0.4, -0.2) is 29.9 Å². The van der Waals surface area contributed by atoms with E-state index in [9.17, 15) is 9.59 Å². The Bertz CT molecular complexity index is 1010. The van der Waals surface area contributed by atoms with E-state index < -0.39 is 0 Å². The first-order valence-corrected chi connectivity index (χ1v) is 8.93. The molecule has 126 valence electrons. The van der Waals surface area contributed by atoms with Gasteiger partial charge in [-0.05, 0) is 43.7 Å². The maximum atomic E-state index is 13.2. The average Bonchev–Trinajstić information content (AvgIpc) is 2.95. The molecule has 0 saturated carbocycles. The third kappa shape index (κ3) is 2.68. The first-order valence-electron chi connectivity index (χ1n) is 8.11. The first kappa shape index (κ1) is 15.8. The van der Waals surface area contributed by atoms with Gasteiger partial charge in [0.2, 0.25) is 0 Å². The van der Waals surface area contributed by atoms with Gasteiger partial charge in [0.25, 0.3) is 11.8 Å². The standard InChI is InChI=1S/C19H17N3O2S/c1-11-9-12(2)21-18-14(11)10-16(25-18)19(24)22-8-7-20-17(23)13-5-3-4-6-15(13)22/h3-6,9-10H,7-8H2,1-2H3,(H,20,23). The number of aromatic nitrogens is 1. The number of para-hydroxylation sites is 1. The summed E-state index contributed by atoms with van der Waals surface area (Å²) < 4.78 is 0. The van der Waals surface area contributed by atoms with E-state index in [1.165, 1.54) is 11.3 Å². The molecule has 0 fully saturated rings. The Morgan fingerprint density at radius 3 is 2.88 bits per heavy atom. The zero-order valence-corrected chi connectivity index (χ0v) is 14.8. The van der Waals surface area contributed by atoms with Crippen molar-refractivity contribution in [2.45, 2.75) is 13.8 Å². The van der Waals surface area contributed by atoms with Gasteiger partial charge in [-0.25, -0.2) is 4.98 Å². The molecule has 5 nitrogen and oxygen atoms in total.